The van der Waals surface area contributed by atoms with Crippen LogP contribution in [0.4, 0.5) is 0 Å². The second-order valence-electron chi connectivity index (χ2n) is 2.95. The van der Waals surface area contributed by atoms with Gasteiger partial charge in [0.15, 0.2) is 5.58 Å². The van der Waals surface area contributed by atoms with Crippen LogP contribution < -0.4 is 0 Å². The second kappa shape index (κ2) is 3.31. The number of nitrogens with zero attached hydrogens (tertiary/aromatic N) is 1. The molecule has 0 N–H and O–H groups in total. The van der Waals surface area contributed by atoms with Crippen molar-refractivity contribution in [2.24, 2.45) is 0 Å². The van der Waals surface area contributed by atoms with Gasteiger partial charge in [0.2, 0.25) is 0 Å². The van der Waals surface area contributed by atoms with E-state index in [1.165, 1.54) is 0 Å². The van der Waals surface area contributed by atoms with Gasteiger partial charge in [0, 0.05) is 11.6 Å². The average molecular weight is 206 g/mol. The summed E-state index contributed by atoms with van der Waals surface area (Å²) in [6, 6.07) is 11.7. The van der Waals surface area contributed by atoms with Gasteiger partial charge in [-0.2, -0.15) is 0 Å². The number of pyridine rings is 1. The summed E-state index contributed by atoms with van der Waals surface area (Å²) in [4.78, 5) is 4.28. The fraction of sp³-hybridized carbons (Fsp3) is 0. The minimum absolute atomic E-state index is 0. The third kappa shape index (κ3) is 1.16. The van der Waals surface area contributed by atoms with Gasteiger partial charge in [-0.1, -0.05) is 12.1 Å². The van der Waals surface area contributed by atoms with Crippen LogP contribution in [-0.4, -0.2) is 4.98 Å². The molecular weight excluding hydrogens is 198 g/mol. The summed E-state index contributed by atoms with van der Waals surface area (Å²) in [7, 11) is 0. The summed E-state index contributed by atoms with van der Waals surface area (Å²) in [5.41, 5.74) is 2.69. The Morgan fingerprint density at radius 1 is 0.929 bits per heavy atom. The monoisotopic (exact) mass is 205 g/mol. The van der Waals surface area contributed by atoms with Gasteiger partial charge in [-0.25, -0.2) is 0 Å². The van der Waals surface area contributed by atoms with E-state index in [2.05, 4.69) is 4.98 Å². The van der Waals surface area contributed by atoms with Crippen LogP contribution in [-0.2, 0) is 0 Å². The van der Waals surface area contributed by atoms with Crippen LogP contribution in [0.25, 0.3) is 22.1 Å². The molecule has 3 heteroatoms. The van der Waals surface area contributed by atoms with E-state index < -0.39 is 0 Å². The number of halogens is 1. The van der Waals surface area contributed by atoms with Crippen LogP contribution in [0.5, 0.6) is 0 Å². The molecule has 0 saturated heterocycles. The van der Waals surface area contributed by atoms with E-state index in [0.717, 1.165) is 22.1 Å². The zero-order valence-electron chi connectivity index (χ0n) is 7.31. The molecule has 70 valence electrons. The SMILES string of the molecule is Cl.c1ccc2c(c1)oc1cccnc12. The molecule has 0 radical (unpaired) electrons. The maximum absolute atomic E-state index is 5.59. The summed E-state index contributed by atoms with van der Waals surface area (Å²) in [6.07, 6.45) is 1.78. The number of aromatic nitrogens is 1. The quantitative estimate of drug-likeness (QED) is 0.562. The van der Waals surface area contributed by atoms with Gasteiger partial charge >= 0.3 is 0 Å². The van der Waals surface area contributed by atoms with Crippen LogP contribution in [0.2, 0.25) is 0 Å². The third-order valence-electron chi connectivity index (χ3n) is 2.13. The molecule has 2 nitrogen and oxygen atoms in total. The number of furan rings is 1. The van der Waals surface area contributed by atoms with Crippen molar-refractivity contribution in [1.29, 1.82) is 0 Å². The zero-order chi connectivity index (χ0) is 8.67. The number of fused-ring (bicyclic) bond motifs is 3. The van der Waals surface area contributed by atoms with Crippen molar-refractivity contribution < 1.29 is 4.42 Å². The van der Waals surface area contributed by atoms with Crippen molar-refractivity contribution in [3.63, 3.8) is 0 Å². The summed E-state index contributed by atoms with van der Waals surface area (Å²) in [6.45, 7) is 0. The Kier molecular flexibility index (Phi) is 2.14. The van der Waals surface area contributed by atoms with Crippen molar-refractivity contribution in [2.75, 3.05) is 0 Å². The number of para-hydroxylation sites is 1. The number of hydrogen-bond donors (Lipinski definition) is 0. The molecule has 0 aliphatic rings. The van der Waals surface area contributed by atoms with Crippen LogP contribution in [0, 0.1) is 0 Å². The zero-order valence-corrected chi connectivity index (χ0v) is 8.12. The van der Waals surface area contributed by atoms with Crippen molar-refractivity contribution in [3.05, 3.63) is 42.6 Å². The molecule has 2 aromatic heterocycles. The van der Waals surface area contributed by atoms with E-state index in [1.807, 2.05) is 36.4 Å². The molecule has 3 aromatic rings. The minimum Gasteiger partial charge on any atom is -0.454 e. The fourth-order valence-corrected chi connectivity index (χ4v) is 1.54. The summed E-state index contributed by atoms with van der Waals surface area (Å²) >= 11 is 0. The Hall–Kier alpha value is -1.54. The lowest BCUT2D eigenvalue weighted by molar-refractivity contribution is 0.668. The van der Waals surface area contributed by atoms with Gasteiger partial charge in [0.25, 0.3) is 0 Å². The molecule has 3 rings (SSSR count). The van der Waals surface area contributed by atoms with Crippen molar-refractivity contribution >= 4 is 34.5 Å². The Morgan fingerprint density at radius 2 is 1.71 bits per heavy atom. The van der Waals surface area contributed by atoms with Gasteiger partial charge in [0.05, 0.1) is 0 Å². The number of rotatable bonds is 0. The number of benzene rings is 1. The van der Waals surface area contributed by atoms with Gasteiger partial charge in [-0.3, -0.25) is 4.98 Å². The molecule has 0 amide bonds. The number of hydrogen-bond acceptors (Lipinski definition) is 2. The van der Waals surface area contributed by atoms with E-state index in [1.54, 1.807) is 6.20 Å². The maximum Gasteiger partial charge on any atom is 0.153 e. The Bertz CT molecular complexity index is 523. The van der Waals surface area contributed by atoms with Crippen molar-refractivity contribution in [1.82, 2.24) is 4.98 Å². The molecular formula is C11H8ClNO. The van der Waals surface area contributed by atoms with Crippen molar-refractivity contribution in [3.8, 4) is 0 Å². The topological polar surface area (TPSA) is 26.0 Å². The van der Waals surface area contributed by atoms with Crippen LogP contribution in [0.1, 0.15) is 0 Å². The highest BCUT2D eigenvalue weighted by Gasteiger charge is 2.04. The van der Waals surface area contributed by atoms with Gasteiger partial charge in [-0.05, 0) is 24.3 Å². The predicted octanol–water partition coefficient (Wildman–Crippen LogP) is 3.40. The smallest absolute Gasteiger partial charge is 0.153 e. The first kappa shape index (κ1) is 9.03. The van der Waals surface area contributed by atoms with E-state index in [-0.39, 0.29) is 12.4 Å². The second-order valence-corrected chi connectivity index (χ2v) is 2.95. The first-order valence-electron chi connectivity index (χ1n) is 4.17. The molecule has 14 heavy (non-hydrogen) atoms. The lowest BCUT2D eigenvalue weighted by Crippen LogP contribution is -1.70. The predicted molar refractivity (Wildman–Crippen MR) is 58.8 cm³/mol. The molecule has 1 aromatic carbocycles. The molecule has 0 aliphatic carbocycles. The minimum atomic E-state index is 0. The summed E-state index contributed by atoms with van der Waals surface area (Å²) < 4.78 is 5.59. The molecule has 2 heterocycles. The molecule has 0 spiro atoms. The molecule has 0 aliphatic heterocycles. The normalized spacial score (nSPS) is 10.3. The Morgan fingerprint density at radius 3 is 2.64 bits per heavy atom. The summed E-state index contributed by atoms with van der Waals surface area (Å²) in [5.74, 6) is 0. The van der Waals surface area contributed by atoms with E-state index in [4.69, 9.17) is 4.42 Å². The van der Waals surface area contributed by atoms with Gasteiger partial charge in [-0.15, -0.1) is 12.4 Å². The van der Waals surface area contributed by atoms with Crippen LogP contribution >= 0.6 is 12.4 Å². The lowest BCUT2D eigenvalue weighted by Gasteiger charge is -1.84. The maximum atomic E-state index is 5.59. The fourth-order valence-electron chi connectivity index (χ4n) is 1.54. The highest BCUT2D eigenvalue weighted by atomic mass is 35.5. The van der Waals surface area contributed by atoms with Crippen molar-refractivity contribution in [2.45, 2.75) is 0 Å². The Balaban J connectivity index is 0.000000750. The standard InChI is InChI=1S/C11H7NO.ClH/c1-2-5-9-8(4-1)11-10(13-9)6-3-7-12-11;/h1-7H;1H. The Labute approximate surface area is 87.0 Å². The van der Waals surface area contributed by atoms with Gasteiger partial charge < -0.3 is 4.42 Å². The van der Waals surface area contributed by atoms with E-state index >= 15 is 0 Å². The first-order chi connectivity index (χ1) is 6.45. The highest BCUT2D eigenvalue weighted by molar-refractivity contribution is 6.01. The summed E-state index contributed by atoms with van der Waals surface area (Å²) in [5, 5.41) is 1.08. The van der Waals surface area contributed by atoms with Crippen LogP contribution in [0.15, 0.2) is 47.0 Å². The molecule has 0 fully saturated rings. The highest BCUT2D eigenvalue weighted by Crippen LogP contribution is 2.25. The van der Waals surface area contributed by atoms with E-state index in [9.17, 15) is 0 Å². The third-order valence-corrected chi connectivity index (χ3v) is 2.13. The first-order valence-corrected chi connectivity index (χ1v) is 4.17. The van der Waals surface area contributed by atoms with E-state index in [0.29, 0.717) is 0 Å². The molecule has 0 saturated carbocycles. The average Bonchev–Trinajstić information content (AvgIpc) is 2.56. The molecule has 0 unspecified atom stereocenters. The lowest BCUT2D eigenvalue weighted by atomic mass is 10.2. The van der Waals surface area contributed by atoms with Crippen LogP contribution in [0.3, 0.4) is 0 Å². The molecule has 0 bridgehead atoms. The molecule has 0 atom stereocenters. The van der Waals surface area contributed by atoms with Gasteiger partial charge in [0.1, 0.15) is 11.1 Å². The largest absolute Gasteiger partial charge is 0.454 e.